The second kappa shape index (κ2) is 6.19. The Balaban J connectivity index is 1.92. The summed E-state index contributed by atoms with van der Waals surface area (Å²) in [7, 11) is 1.94. The lowest BCUT2D eigenvalue weighted by Crippen LogP contribution is -2.49. The van der Waals surface area contributed by atoms with Gasteiger partial charge in [0, 0.05) is 24.5 Å². The Bertz CT molecular complexity index is 266. The Morgan fingerprint density at radius 2 is 1.88 bits per heavy atom. The fraction of sp³-hybridized carbons (Fsp3) is 0.923. The fourth-order valence-corrected chi connectivity index (χ4v) is 3.77. The molecule has 1 amide bonds. The molecule has 0 N–H and O–H groups in total. The van der Waals surface area contributed by atoms with Crippen LogP contribution in [0.4, 0.5) is 0 Å². The molecule has 2 fully saturated rings. The fourth-order valence-electron chi connectivity index (χ4n) is 2.83. The average molecular weight is 304 g/mol. The number of hydrogen-bond acceptors (Lipinski definition) is 2. The first-order valence-electron chi connectivity index (χ1n) is 6.72. The minimum absolute atomic E-state index is 0.182. The van der Waals surface area contributed by atoms with Gasteiger partial charge in [-0.3, -0.25) is 4.79 Å². The molecular weight excluding hydrogens is 282 g/mol. The molecule has 17 heavy (non-hydrogen) atoms. The summed E-state index contributed by atoms with van der Waals surface area (Å²) in [5.74, 6) is 0.182. The van der Waals surface area contributed by atoms with Gasteiger partial charge in [0.1, 0.15) is 6.10 Å². The molecule has 0 spiro atoms. The average Bonchev–Trinajstić information content (AvgIpc) is 2.39. The molecule has 3 atom stereocenters. The van der Waals surface area contributed by atoms with Gasteiger partial charge in [0.15, 0.2) is 0 Å². The van der Waals surface area contributed by atoms with Gasteiger partial charge in [-0.1, -0.05) is 28.8 Å². The van der Waals surface area contributed by atoms with Crippen LogP contribution in [0.25, 0.3) is 0 Å². The van der Waals surface area contributed by atoms with E-state index in [-0.39, 0.29) is 12.0 Å². The second-order valence-electron chi connectivity index (χ2n) is 5.17. The Morgan fingerprint density at radius 1 is 1.18 bits per heavy atom. The van der Waals surface area contributed by atoms with Gasteiger partial charge in [-0.25, -0.2) is 0 Å². The number of alkyl halides is 1. The van der Waals surface area contributed by atoms with Crippen LogP contribution in [0.5, 0.6) is 0 Å². The SMILES string of the molecule is CN(C(=O)C1CCCCO1)C1CCCCC1Br. The van der Waals surface area contributed by atoms with Crippen molar-refractivity contribution < 1.29 is 9.53 Å². The Morgan fingerprint density at radius 3 is 2.53 bits per heavy atom. The van der Waals surface area contributed by atoms with Gasteiger partial charge < -0.3 is 9.64 Å². The molecule has 0 aromatic rings. The van der Waals surface area contributed by atoms with E-state index in [1.807, 2.05) is 11.9 Å². The summed E-state index contributed by atoms with van der Waals surface area (Å²) in [6, 6.07) is 0.349. The minimum Gasteiger partial charge on any atom is -0.368 e. The van der Waals surface area contributed by atoms with Crippen molar-refractivity contribution in [1.29, 1.82) is 0 Å². The quantitative estimate of drug-likeness (QED) is 0.734. The van der Waals surface area contributed by atoms with Crippen molar-refractivity contribution in [3.63, 3.8) is 0 Å². The summed E-state index contributed by atoms with van der Waals surface area (Å²) < 4.78 is 5.58. The zero-order chi connectivity index (χ0) is 12.3. The zero-order valence-corrected chi connectivity index (χ0v) is 12.1. The largest absolute Gasteiger partial charge is 0.368 e. The van der Waals surface area contributed by atoms with Crippen molar-refractivity contribution in [2.24, 2.45) is 0 Å². The van der Waals surface area contributed by atoms with Crippen LogP contribution in [-0.4, -0.2) is 41.4 Å². The third kappa shape index (κ3) is 3.22. The molecule has 0 aromatic heterocycles. The van der Waals surface area contributed by atoms with Crippen LogP contribution < -0.4 is 0 Å². The van der Waals surface area contributed by atoms with Crippen molar-refractivity contribution in [1.82, 2.24) is 4.90 Å². The smallest absolute Gasteiger partial charge is 0.251 e. The van der Waals surface area contributed by atoms with Crippen LogP contribution >= 0.6 is 15.9 Å². The molecule has 1 heterocycles. The molecular formula is C13H22BrNO2. The summed E-state index contributed by atoms with van der Waals surface area (Å²) in [5.41, 5.74) is 0. The van der Waals surface area contributed by atoms with Crippen LogP contribution in [0.15, 0.2) is 0 Å². The molecule has 1 aliphatic heterocycles. The molecule has 98 valence electrons. The second-order valence-corrected chi connectivity index (χ2v) is 6.35. The number of hydrogen-bond donors (Lipinski definition) is 0. The number of carbonyl (C=O) groups is 1. The van der Waals surface area contributed by atoms with Gasteiger partial charge >= 0.3 is 0 Å². The molecule has 0 radical (unpaired) electrons. The minimum atomic E-state index is -0.185. The summed E-state index contributed by atoms with van der Waals surface area (Å²) in [4.78, 5) is 14.7. The molecule has 2 rings (SSSR count). The molecule has 1 saturated carbocycles. The van der Waals surface area contributed by atoms with Crippen LogP contribution in [0.1, 0.15) is 44.9 Å². The van der Waals surface area contributed by atoms with E-state index in [0.29, 0.717) is 10.9 Å². The number of carbonyl (C=O) groups excluding carboxylic acids is 1. The standard InChI is InChI=1S/C13H22BrNO2/c1-15(11-7-3-2-6-10(11)14)13(16)12-8-4-5-9-17-12/h10-12H,2-9H2,1H3. The Labute approximate surface area is 112 Å². The lowest BCUT2D eigenvalue weighted by molar-refractivity contribution is -0.147. The first-order chi connectivity index (χ1) is 8.20. The number of likely N-dealkylation sites (N-methyl/N-ethyl adjacent to an activating group) is 1. The molecule has 0 bridgehead atoms. The van der Waals surface area contributed by atoms with E-state index < -0.39 is 0 Å². The lowest BCUT2D eigenvalue weighted by atomic mass is 9.93. The van der Waals surface area contributed by atoms with Gasteiger partial charge in [-0.05, 0) is 32.1 Å². The van der Waals surface area contributed by atoms with E-state index in [9.17, 15) is 4.79 Å². The van der Waals surface area contributed by atoms with Gasteiger partial charge in [-0.15, -0.1) is 0 Å². The van der Waals surface area contributed by atoms with Crippen molar-refractivity contribution >= 4 is 21.8 Å². The number of halogens is 1. The first kappa shape index (κ1) is 13.3. The number of amides is 1. The Kier molecular flexibility index (Phi) is 4.86. The molecule has 3 nitrogen and oxygen atoms in total. The maximum absolute atomic E-state index is 12.3. The highest BCUT2D eigenvalue weighted by Crippen LogP contribution is 2.29. The molecule has 4 heteroatoms. The van der Waals surface area contributed by atoms with Crippen LogP contribution in [0, 0.1) is 0 Å². The monoisotopic (exact) mass is 303 g/mol. The predicted octanol–water partition coefficient (Wildman–Crippen LogP) is 2.72. The molecule has 1 aliphatic carbocycles. The van der Waals surface area contributed by atoms with E-state index in [4.69, 9.17) is 4.74 Å². The first-order valence-corrected chi connectivity index (χ1v) is 7.64. The van der Waals surface area contributed by atoms with E-state index in [0.717, 1.165) is 32.3 Å². The van der Waals surface area contributed by atoms with E-state index in [1.54, 1.807) is 0 Å². The van der Waals surface area contributed by atoms with Gasteiger partial charge in [0.2, 0.25) is 0 Å². The van der Waals surface area contributed by atoms with Crippen molar-refractivity contribution in [3.05, 3.63) is 0 Å². The number of ether oxygens (including phenoxy) is 1. The topological polar surface area (TPSA) is 29.5 Å². The van der Waals surface area contributed by atoms with Gasteiger partial charge in [-0.2, -0.15) is 0 Å². The zero-order valence-electron chi connectivity index (χ0n) is 10.5. The third-order valence-electron chi connectivity index (χ3n) is 3.95. The lowest BCUT2D eigenvalue weighted by Gasteiger charge is -2.37. The number of rotatable bonds is 2. The summed E-state index contributed by atoms with van der Waals surface area (Å²) in [5, 5.41) is 0. The van der Waals surface area contributed by atoms with E-state index in [2.05, 4.69) is 15.9 Å². The highest BCUT2D eigenvalue weighted by atomic mass is 79.9. The van der Waals surface area contributed by atoms with Crippen LogP contribution in [0.2, 0.25) is 0 Å². The van der Waals surface area contributed by atoms with Crippen molar-refractivity contribution in [3.8, 4) is 0 Å². The molecule has 2 aliphatic rings. The third-order valence-corrected chi connectivity index (χ3v) is 5.02. The molecule has 0 aromatic carbocycles. The predicted molar refractivity (Wildman–Crippen MR) is 71.3 cm³/mol. The summed E-state index contributed by atoms with van der Waals surface area (Å²) >= 11 is 3.71. The maximum Gasteiger partial charge on any atom is 0.251 e. The number of nitrogens with zero attached hydrogens (tertiary/aromatic N) is 1. The van der Waals surface area contributed by atoms with E-state index >= 15 is 0 Å². The van der Waals surface area contributed by atoms with Crippen molar-refractivity contribution in [2.75, 3.05) is 13.7 Å². The van der Waals surface area contributed by atoms with Gasteiger partial charge in [0.05, 0.1) is 0 Å². The molecule has 3 unspecified atom stereocenters. The summed E-state index contributed by atoms with van der Waals surface area (Å²) in [6.45, 7) is 0.743. The van der Waals surface area contributed by atoms with Gasteiger partial charge in [0.25, 0.3) is 5.91 Å². The normalized spacial score (nSPS) is 34.4. The highest BCUT2D eigenvalue weighted by Gasteiger charge is 2.33. The highest BCUT2D eigenvalue weighted by molar-refractivity contribution is 9.09. The van der Waals surface area contributed by atoms with Crippen LogP contribution in [0.3, 0.4) is 0 Å². The molecule has 1 saturated heterocycles. The van der Waals surface area contributed by atoms with Crippen molar-refractivity contribution in [2.45, 2.75) is 61.9 Å². The summed E-state index contributed by atoms with van der Waals surface area (Å²) in [6.07, 6.45) is 7.71. The maximum atomic E-state index is 12.3. The Hall–Kier alpha value is -0.0900. The van der Waals surface area contributed by atoms with E-state index in [1.165, 1.54) is 19.3 Å². The van der Waals surface area contributed by atoms with Crippen LogP contribution in [-0.2, 0) is 9.53 Å².